The molecule has 1 aliphatic heterocycles. The quantitative estimate of drug-likeness (QED) is 0.762. The Balaban J connectivity index is 1.68. The molecule has 1 fully saturated rings. The van der Waals surface area contributed by atoms with Gasteiger partial charge in [-0.05, 0) is 25.3 Å². The summed E-state index contributed by atoms with van der Waals surface area (Å²) in [6.07, 6.45) is 0.269. The Labute approximate surface area is 133 Å². The molecule has 0 radical (unpaired) electrons. The van der Waals surface area contributed by atoms with E-state index in [1.807, 2.05) is 25.3 Å². The molecule has 0 bridgehead atoms. The van der Waals surface area contributed by atoms with Crippen molar-refractivity contribution in [2.75, 3.05) is 19.6 Å². The smallest absolute Gasteiger partial charge is 0.261 e. The lowest BCUT2D eigenvalue weighted by Gasteiger charge is -2.20. The molecule has 0 aromatic carbocycles. The SMILES string of the molecule is CC(C)N1C[C@@H](C(=O)NCCNC(=O)c2cccs2)CC1=O. The molecule has 6 nitrogen and oxygen atoms in total. The van der Waals surface area contributed by atoms with E-state index >= 15 is 0 Å². The number of carbonyl (C=O) groups is 3. The summed E-state index contributed by atoms with van der Waals surface area (Å²) < 4.78 is 0. The van der Waals surface area contributed by atoms with Crippen LogP contribution in [0.2, 0.25) is 0 Å². The summed E-state index contributed by atoms with van der Waals surface area (Å²) >= 11 is 1.38. The average molecular weight is 323 g/mol. The van der Waals surface area contributed by atoms with E-state index in [4.69, 9.17) is 0 Å². The van der Waals surface area contributed by atoms with Crippen LogP contribution in [-0.2, 0) is 9.59 Å². The summed E-state index contributed by atoms with van der Waals surface area (Å²) in [7, 11) is 0. The van der Waals surface area contributed by atoms with E-state index < -0.39 is 0 Å². The first-order valence-electron chi connectivity index (χ1n) is 7.38. The molecule has 2 heterocycles. The van der Waals surface area contributed by atoms with Crippen molar-refractivity contribution in [1.82, 2.24) is 15.5 Å². The largest absolute Gasteiger partial charge is 0.354 e. The van der Waals surface area contributed by atoms with Gasteiger partial charge in [-0.2, -0.15) is 0 Å². The van der Waals surface area contributed by atoms with Gasteiger partial charge in [0, 0.05) is 32.1 Å². The molecular formula is C15H21N3O3S. The Kier molecular flexibility index (Phi) is 5.54. The van der Waals surface area contributed by atoms with Crippen LogP contribution in [0.25, 0.3) is 0 Å². The molecule has 0 aliphatic carbocycles. The van der Waals surface area contributed by atoms with E-state index in [-0.39, 0.29) is 36.1 Å². The zero-order valence-electron chi connectivity index (χ0n) is 12.8. The molecule has 0 spiro atoms. The average Bonchev–Trinajstić information content (AvgIpc) is 3.12. The molecule has 22 heavy (non-hydrogen) atoms. The number of nitrogens with zero attached hydrogens (tertiary/aromatic N) is 1. The Morgan fingerprint density at radius 1 is 1.36 bits per heavy atom. The lowest BCUT2D eigenvalue weighted by atomic mass is 10.1. The summed E-state index contributed by atoms with van der Waals surface area (Å²) in [5.41, 5.74) is 0. The number of hydrogen-bond acceptors (Lipinski definition) is 4. The van der Waals surface area contributed by atoms with Gasteiger partial charge in [-0.15, -0.1) is 11.3 Å². The van der Waals surface area contributed by atoms with Crippen molar-refractivity contribution in [1.29, 1.82) is 0 Å². The third kappa shape index (κ3) is 4.07. The highest BCUT2D eigenvalue weighted by molar-refractivity contribution is 7.12. The highest BCUT2D eigenvalue weighted by Gasteiger charge is 2.35. The second-order valence-electron chi connectivity index (χ2n) is 5.57. The second-order valence-corrected chi connectivity index (χ2v) is 6.51. The van der Waals surface area contributed by atoms with Crippen molar-refractivity contribution in [3.63, 3.8) is 0 Å². The summed E-state index contributed by atoms with van der Waals surface area (Å²) in [4.78, 5) is 37.9. The lowest BCUT2D eigenvalue weighted by molar-refractivity contribution is -0.129. The van der Waals surface area contributed by atoms with Crippen LogP contribution in [-0.4, -0.2) is 48.3 Å². The molecule has 1 aliphatic rings. The van der Waals surface area contributed by atoms with E-state index in [1.54, 1.807) is 11.0 Å². The maximum Gasteiger partial charge on any atom is 0.261 e. The van der Waals surface area contributed by atoms with Gasteiger partial charge in [0.2, 0.25) is 11.8 Å². The van der Waals surface area contributed by atoms with E-state index in [2.05, 4.69) is 10.6 Å². The predicted molar refractivity (Wildman–Crippen MR) is 84.6 cm³/mol. The monoisotopic (exact) mass is 323 g/mol. The van der Waals surface area contributed by atoms with E-state index in [0.717, 1.165) is 0 Å². The number of carbonyl (C=O) groups excluding carboxylic acids is 3. The molecule has 2 N–H and O–H groups in total. The van der Waals surface area contributed by atoms with Gasteiger partial charge in [0.1, 0.15) is 0 Å². The fourth-order valence-electron chi connectivity index (χ4n) is 2.41. The molecular weight excluding hydrogens is 302 g/mol. The van der Waals surface area contributed by atoms with E-state index in [0.29, 0.717) is 24.5 Å². The molecule has 1 saturated heterocycles. The molecule has 3 amide bonds. The van der Waals surface area contributed by atoms with Crippen LogP contribution in [0.4, 0.5) is 0 Å². The minimum Gasteiger partial charge on any atom is -0.354 e. The molecule has 120 valence electrons. The second kappa shape index (κ2) is 7.40. The molecule has 7 heteroatoms. The van der Waals surface area contributed by atoms with Crippen LogP contribution < -0.4 is 10.6 Å². The van der Waals surface area contributed by atoms with Gasteiger partial charge in [0.15, 0.2) is 0 Å². The molecule has 1 aromatic heterocycles. The Morgan fingerprint density at radius 2 is 2.09 bits per heavy atom. The van der Waals surface area contributed by atoms with E-state index in [9.17, 15) is 14.4 Å². The van der Waals surface area contributed by atoms with Gasteiger partial charge < -0.3 is 15.5 Å². The number of rotatable bonds is 6. The Morgan fingerprint density at radius 3 is 2.68 bits per heavy atom. The van der Waals surface area contributed by atoms with Gasteiger partial charge in [-0.25, -0.2) is 0 Å². The predicted octanol–water partition coefficient (Wildman–Crippen LogP) is 0.851. The van der Waals surface area contributed by atoms with Crippen molar-refractivity contribution in [3.8, 4) is 0 Å². The van der Waals surface area contributed by atoms with Crippen LogP contribution in [0, 0.1) is 5.92 Å². The van der Waals surface area contributed by atoms with Crippen LogP contribution in [0.5, 0.6) is 0 Å². The highest BCUT2D eigenvalue weighted by Crippen LogP contribution is 2.19. The summed E-state index contributed by atoms with van der Waals surface area (Å²) in [6, 6.07) is 3.69. The maximum absolute atomic E-state index is 12.0. The summed E-state index contributed by atoms with van der Waals surface area (Å²) in [5, 5.41) is 7.36. The topological polar surface area (TPSA) is 78.5 Å². The third-order valence-electron chi connectivity index (χ3n) is 3.61. The molecule has 0 unspecified atom stereocenters. The standard InChI is InChI=1S/C15H21N3O3S/c1-10(2)18-9-11(8-13(18)19)14(20)16-5-6-17-15(21)12-4-3-7-22-12/h3-4,7,10-11H,5-6,8-9H2,1-2H3,(H,16,20)(H,17,21)/t11-/m0/s1. The Hall–Kier alpha value is -1.89. The highest BCUT2D eigenvalue weighted by atomic mass is 32.1. The maximum atomic E-state index is 12.0. The van der Waals surface area contributed by atoms with Gasteiger partial charge >= 0.3 is 0 Å². The van der Waals surface area contributed by atoms with Crippen molar-refractivity contribution < 1.29 is 14.4 Å². The summed E-state index contributed by atoms with van der Waals surface area (Å²) in [5.74, 6) is -0.516. The number of thiophene rings is 1. The number of nitrogens with one attached hydrogen (secondary N) is 2. The van der Waals surface area contributed by atoms with Crippen molar-refractivity contribution >= 4 is 29.1 Å². The van der Waals surface area contributed by atoms with Gasteiger partial charge in [-0.1, -0.05) is 6.07 Å². The van der Waals surface area contributed by atoms with Crippen molar-refractivity contribution in [3.05, 3.63) is 22.4 Å². The number of hydrogen-bond donors (Lipinski definition) is 2. The molecule has 2 rings (SSSR count). The first kappa shape index (κ1) is 16.5. The zero-order valence-corrected chi connectivity index (χ0v) is 13.6. The molecule has 1 aromatic rings. The minimum atomic E-state index is -0.289. The van der Waals surface area contributed by atoms with Crippen LogP contribution in [0.3, 0.4) is 0 Å². The van der Waals surface area contributed by atoms with E-state index in [1.165, 1.54) is 11.3 Å². The van der Waals surface area contributed by atoms with Gasteiger partial charge in [0.05, 0.1) is 10.8 Å². The molecule has 0 saturated carbocycles. The lowest BCUT2D eigenvalue weighted by Crippen LogP contribution is -2.39. The van der Waals surface area contributed by atoms with Crippen molar-refractivity contribution in [2.24, 2.45) is 5.92 Å². The molecule has 1 atom stereocenters. The van der Waals surface area contributed by atoms with Gasteiger partial charge in [-0.3, -0.25) is 14.4 Å². The Bertz CT molecular complexity index is 542. The normalized spacial score (nSPS) is 17.9. The number of likely N-dealkylation sites (tertiary alicyclic amines) is 1. The number of amides is 3. The van der Waals surface area contributed by atoms with Crippen LogP contribution in [0.15, 0.2) is 17.5 Å². The van der Waals surface area contributed by atoms with Crippen LogP contribution >= 0.6 is 11.3 Å². The fraction of sp³-hybridized carbons (Fsp3) is 0.533. The minimum absolute atomic E-state index is 0.0288. The fourth-order valence-corrected chi connectivity index (χ4v) is 3.05. The zero-order chi connectivity index (χ0) is 16.1. The first-order chi connectivity index (χ1) is 10.5. The van der Waals surface area contributed by atoms with Crippen LogP contribution in [0.1, 0.15) is 29.9 Å². The first-order valence-corrected chi connectivity index (χ1v) is 8.26. The third-order valence-corrected chi connectivity index (χ3v) is 4.48. The van der Waals surface area contributed by atoms with Gasteiger partial charge in [0.25, 0.3) is 5.91 Å². The van der Waals surface area contributed by atoms with Crippen molar-refractivity contribution in [2.45, 2.75) is 26.3 Å². The summed E-state index contributed by atoms with van der Waals surface area (Å²) in [6.45, 7) is 5.10.